The molecule has 160 valence electrons. The second-order valence-corrected chi connectivity index (χ2v) is 7.45. The summed E-state index contributed by atoms with van der Waals surface area (Å²) >= 11 is 5.90. The van der Waals surface area contributed by atoms with Crippen LogP contribution in [-0.2, 0) is 11.3 Å². The molecule has 1 atom stereocenters. The van der Waals surface area contributed by atoms with E-state index < -0.39 is 12.3 Å². The Morgan fingerprint density at radius 3 is 2.40 bits per heavy atom. The van der Waals surface area contributed by atoms with Crippen LogP contribution in [0.5, 0.6) is 17.2 Å². The minimum Gasteiger partial charge on any atom is -0.481 e. The molecule has 1 heterocycles. The van der Waals surface area contributed by atoms with Crippen LogP contribution < -0.4 is 9.47 Å². The van der Waals surface area contributed by atoms with Gasteiger partial charge in [0.1, 0.15) is 11.5 Å². The molecule has 0 fully saturated rings. The van der Waals surface area contributed by atoms with Crippen LogP contribution in [-0.4, -0.2) is 22.0 Å². The van der Waals surface area contributed by atoms with E-state index in [1.165, 1.54) is 18.2 Å². The summed E-state index contributed by atoms with van der Waals surface area (Å²) in [5, 5.41) is 10.2. The van der Waals surface area contributed by atoms with E-state index in [0.717, 1.165) is 0 Å². The van der Waals surface area contributed by atoms with Crippen LogP contribution in [0.3, 0.4) is 0 Å². The average Bonchev–Trinajstić information content (AvgIpc) is 2.87. The van der Waals surface area contributed by atoms with E-state index in [1.54, 1.807) is 42.7 Å². The molecular weight excluding hydrogens is 423 g/mol. The Kier molecular flexibility index (Phi) is 6.17. The number of alkyl halides is 3. The van der Waals surface area contributed by atoms with Gasteiger partial charge in [-0.1, -0.05) is 18.5 Å². The first-order chi connectivity index (χ1) is 14.0. The Bertz CT molecular complexity index is 1060. The van der Waals surface area contributed by atoms with Crippen LogP contribution >= 0.6 is 11.6 Å². The van der Waals surface area contributed by atoms with Crippen LogP contribution in [0.25, 0.3) is 10.9 Å². The molecule has 0 spiro atoms. The molecule has 1 unspecified atom stereocenters. The van der Waals surface area contributed by atoms with Crippen molar-refractivity contribution in [3.63, 3.8) is 0 Å². The quantitative estimate of drug-likeness (QED) is 0.460. The van der Waals surface area contributed by atoms with Gasteiger partial charge in [0, 0.05) is 29.4 Å². The Hall–Kier alpha value is -2.87. The lowest BCUT2D eigenvalue weighted by molar-refractivity contribution is -0.274. The van der Waals surface area contributed by atoms with Gasteiger partial charge in [0.05, 0.1) is 11.2 Å². The summed E-state index contributed by atoms with van der Waals surface area (Å²) in [7, 11) is 0. The Morgan fingerprint density at radius 2 is 1.80 bits per heavy atom. The number of halogens is 4. The van der Waals surface area contributed by atoms with Gasteiger partial charge in [0.15, 0.2) is 5.75 Å². The summed E-state index contributed by atoms with van der Waals surface area (Å²) in [6, 6.07) is 10.7. The van der Waals surface area contributed by atoms with Gasteiger partial charge in [-0.25, -0.2) is 0 Å². The van der Waals surface area contributed by atoms with Crippen LogP contribution in [0.1, 0.15) is 19.0 Å². The number of carboxylic acid groups (broad SMARTS) is 1. The zero-order chi connectivity index (χ0) is 22.1. The number of carboxylic acids is 1. The maximum Gasteiger partial charge on any atom is 0.573 e. The molecule has 3 aromatic rings. The van der Waals surface area contributed by atoms with Crippen molar-refractivity contribution in [3.05, 3.63) is 53.2 Å². The highest BCUT2D eigenvalue weighted by Crippen LogP contribution is 2.39. The maximum atomic E-state index is 12.7. The molecule has 1 aromatic heterocycles. The largest absolute Gasteiger partial charge is 0.573 e. The molecular formula is C21H19ClF3NO4. The van der Waals surface area contributed by atoms with E-state index in [4.69, 9.17) is 21.4 Å². The molecule has 0 amide bonds. The van der Waals surface area contributed by atoms with Gasteiger partial charge in [0.2, 0.25) is 0 Å². The Labute approximate surface area is 175 Å². The summed E-state index contributed by atoms with van der Waals surface area (Å²) < 4.78 is 49.8. The molecule has 0 aliphatic heterocycles. The molecule has 3 rings (SSSR count). The number of rotatable bonds is 7. The highest BCUT2D eigenvalue weighted by molar-refractivity contribution is 6.30. The van der Waals surface area contributed by atoms with E-state index >= 15 is 0 Å². The molecule has 9 heteroatoms. The first kappa shape index (κ1) is 21.8. The van der Waals surface area contributed by atoms with Crippen molar-refractivity contribution in [2.45, 2.75) is 33.2 Å². The SMILES string of the molecule is Cc1c(Oc2ccc(Cl)cc2)c2ccc(OC(F)(F)F)cc2n1CC(C)CC(=O)O. The van der Waals surface area contributed by atoms with Crippen molar-refractivity contribution in [1.29, 1.82) is 0 Å². The Balaban J connectivity index is 2.07. The predicted molar refractivity (Wildman–Crippen MR) is 106 cm³/mol. The van der Waals surface area contributed by atoms with Gasteiger partial charge in [-0.2, -0.15) is 0 Å². The number of nitrogens with zero attached hydrogens (tertiary/aromatic N) is 1. The summed E-state index contributed by atoms with van der Waals surface area (Å²) in [6.07, 6.45) is -4.90. The Morgan fingerprint density at radius 1 is 1.17 bits per heavy atom. The van der Waals surface area contributed by atoms with Crippen molar-refractivity contribution in [2.24, 2.45) is 5.92 Å². The van der Waals surface area contributed by atoms with Gasteiger partial charge in [0.25, 0.3) is 0 Å². The molecule has 30 heavy (non-hydrogen) atoms. The molecule has 0 aliphatic carbocycles. The van der Waals surface area contributed by atoms with Crippen LogP contribution in [0.4, 0.5) is 13.2 Å². The number of hydrogen-bond donors (Lipinski definition) is 1. The number of benzene rings is 2. The summed E-state index contributed by atoms with van der Waals surface area (Å²) in [4.78, 5) is 11.0. The minimum absolute atomic E-state index is 0.0781. The first-order valence-corrected chi connectivity index (χ1v) is 9.45. The van der Waals surface area contributed by atoms with Gasteiger partial charge in [-0.05, 0) is 49.2 Å². The van der Waals surface area contributed by atoms with Gasteiger partial charge in [-0.15, -0.1) is 13.2 Å². The monoisotopic (exact) mass is 441 g/mol. The molecule has 5 nitrogen and oxygen atoms in total. The highest BCUT2D eigenvalue weighted by Gasteiger charge is 2.31. The molecule has 2 aromatic carbocycles. The molecule has 0 saturated heterocycles. The smallest absolute Gasteiger partial charge is 0.481 e. The van der Waals surface area contributed by atoms with E-state index in [2.05, 4.69) is 4.74 Å². The van der Waals surface area contributed by atoms with Gasteiger partial charge in [-0.3, -0.25) is 4.79 Å². The molecule has 0 aliphatic rings. The van der Waals surface area contributed by atoms with Crippen molar-refractivity contribution in [3.8, 4) is 17.2 Å². The molecule has 1 N–H and O–H groups in total. The van der Waals surface area contributed by atoms with Gasteiger partial charge >= 0.3 is 12.3 Å². The summed E-state index contributed by atoms with van der Waals surface area (Å²) in [5.41, 5.74) is 1.11. The number of aromatic nitrogens is 1. The molecule has 0 bridgehead atoms. The average molecular weight is 442 g/mol. The molecule has 0 radical (unpaired) electrons. The van der Waals surface area contributed by atoms with E-state index in [-0.39, 0.29) is 24.6 Å². The van der Waals surface area contributed by atoms with Crippen molar-refractivity contribution >= 4 is 28.5 Å². The van der Waals surface area contributed by atoms with Crippen LogP contribution in [0.15, 0.2) is 42.5 Å². The van der Waals surface area contributed by atoms with Crippen LogP contribution in [0, 0.1) is 12.8 Å². The standard InChI is InChI=1S/C21H19ClF3NO4/c1-12(9-19(27)28)11-26-13(2)20(29-15-5-3-14(22)4-6-15)17-8-7-16(10-18(17)26)30-21(23,24)25/h3-8,10,12H,9,11H2,1-2H3,(H,27,28). The zero-order valence-electron chi connectivity index (χ0n) is 16.2. The summed E-state index contributed by atoms with van der Waals surface area (Å²) in [6.45, 7) is 3.81. The number of carbonyl (C=O) groups is 1. The van der Waals surface area contributed by atoms with E-state index in [0.29, 0.717) is 33.1 Å². The van der Waals surface area contributed by atoms with E-state index in [1.807, 2.05) is 0 Å². The highest BCUT2D eigenvalue weighted by atomic mass is 35.5. The normalized spacial score (nSPS) is 12.7. The fourth-order valence-electron chi connectivity index (χ4n) is 3.28. The third-order valence-electron chi connectivity index (χ3n) is 4.52. The minimum atomic E-state index is -4.82. The van der Waals surface area contributed by atoms with Crippen molar-refractivity contribution in [1.82, 2.24) is 4.57 Å². The third kappa shape index (κ3) is 5.18. The fraction of sp³-hybridized carbons (Fsp3) is 0.286. The number of aliphatic carboxylic acids is 1. The zero-order valence-corrected chi connectivity index (χ0v) is 16.9. The fourth-order valence-corrected chi connectivity index (χ4v) is 3.41. The lowest BCUT2D eigenvalue weighted by Crippen LogP contribution is -2.17. The summed E-state index contributed by atoms with van der Waals surface area (Å²) in [5.74, 6) is -0.593. The number of ether oxygens (including phenoxy) is 2. The third-order valence-corrected chi connectivity index (χ3v) is 4.77. The second kappa shape index (κ2) is 8.47. The molecule has 0 saturated carbocycles. The van der Waals surface area contributed by atoms with Crippen molar-refractivity contribution < 1.29 is 32.5 Å². The topological polar surface area (TPSA) is 60.7 Å². The van der Waals surface area contributed by atoms with Crippen molar-refractivity contribution in [2.75, 3.05) is 0 Å². The number of hydrogen-bond acceptors (Lipinski definition) is 3. The predicted octanol–water partition coefficient (Wildman–Crippen LogP) is 6.40. The lowest BCUT2D eigenvalue weighted by Gasteiger charge is -2.14. The van der Waals surface area contributed by atoms with Crippen LogP contribution in [0.2, 0.25) is 5.02 Å². The first-order valence-electron chi connectivity index (χ1n) is 9.07. The second-order valence-electron chi connectivity index (χ2n) is 7.01. The van der Waals surface area contributed by atoms with Gasteiger partial charge < -0.3 is 19.1 Å². The number of fused-ring (bicyclic) bond motifs is 1. The van der Waals surface area contributed by atoms with E-state index in [9.17, 15) is 18.0 Å². The lowest BCUT2D eigenvalue weighted by atomic mass is 10.1. The maximum absolute atomic E-state index is 12.7.